The van der Waals surface area contributed by atoms with Gasteiger partial charge in [0.25, 0.3) is 0 Å². The molecule has 1 aromatic heterocycles. The Morgan fingerprint density at radius 1 is 1.80 bits per heavy atom. The number of furan rings is 1. The van der Waals surface area contributed by atoms with E-state index in [-0.39, 0.29) is 21.2 Å². The molecule has 0 fully saturated rings. The molecular weight excluding hydrogens is 243 g/mol. The van der Waals surface area contributed by atoms with Gasteiger partial charge in [0, 0.05) is 0 Å². The van der Waals surface area contributed by atoms with Gasteiger partial charge in [-0.3, -0.25) is 0 Å². The third-order valence-electron chi connectivity index (χ3n) is 0.911. The SMILES string of the molecule is O=C=C[I-]Cc1ccco1. The number of alkyl halides is 1. The molecule has 0 N–H and O–H groups in total. The molecule has 1 aromatic rings. The molecule has 0 saturated heterocycles. The Balaban J connectivity index is 2.34. The Bertz CT molecular complexity index is 222. The molecule has 10 heavy (non-hydrogen) atoms. The van der Waals surface area contributed by atoms with Crippen LogP contribution in [0.3, 0.4) is 0 Å². The van der Waals surface area contributed by atoms with Crippen molar-refractivity contribution < 1.29 is 30.4 Å². The van der Waals surface area contributed by atoms with Gasteiger partial charge in [0.2, 0.25) is 0 Å². The zero-order valence-electron chi connectivity index (χ0n) is 5.21. The van der Waals surface area contributed by atoms with E-state index < -0.39 is 0 Å². The van der Waals surface area contributed by atoms with Crippen LogP contribution in [0.4, 0.5) is 0 Å². The van der Waals surface area contributed by atoms with Gasteiger partial charge < -0.3 is 0 Å². The summed E-state index contributed by atoms with van der Waals surface area (Å²) >= 11 is -0.170. The summed E-state index contributed by atoms with van der Waals surface area (Å²) < 4.78 is 7.52. The zero-order chi connectivity index (χ0) is 7.23. The first-order valence-electron chi connectivity index (χ1n) is 2.73. The van der Waals surface area contributed by atoms with Gasteiger partial charge in [-0.05, 0) is 0 Å². The Kier molecular flexibility index (Phi) is 3.26. The molecule has 0 radical (unpaired) electrons. The van der Waals surface area contributed by atoms with Crippen LogP contribution in [0.15, 0.2) is 26.9 Å². The summed E-state index contributed by atoms with van der Waals surface area (Å²) in [6.07, 6.45) is 1.64. The molecule has 1 heterocycles. The molecular formula is C7H6IO2-. The van der Waals surface area contributed by atoms with Crippen molar-refractivity contribution in [2.45, 2.75) is 4.43 Å². The van der Waals surface area contributed by atoms with Gasteiger partial charge in [-0.1, -0.05) is 0 Å². The first kappa shape index (κ1) is 7.57. The van der Waals surface area contributed by atoms with Gasteiger partial charge in [0.05, 0.1) is 0 Å². The molecule has 0 bridgehead atoms. The number of hydrogen-bond acceptors (Lipinski definition) is 2. The molecule has 0 aliphatic heterocycles. The quantitative estimate of drug-likeness (QED) is 0.360. The van der Waals surface area contributed by atoms with E-state index in [2.05, 4.69) is 0 Å². The van der Waals surface area contributed by atoms with E-state index in [1.54, 1.807) is 16.3 Å². The fourth-order valence-electron chi connectivity index (χ4n) is 0.535. The number of rotatable bonds is 3. The van der Waals surface area contributed by atoms with Gasteiger partial charge in [-0.15, -0.1) is 0 Å². The summed E-state index contributed by atoms with van der Waals surface area (Å²) in [7, 11) is 0. The van der Waals surface area contributed by atoms with Gasteiger partial charge in [0.15, 0.2) is 0 Å². The van der Waals surface area contributed by atoms with Crippen molar-refractivity contribution in [3.05, 3.63) is 28.2 Å². The summed E-state index contributed by atoms with van der Waals surface area (Å²) in [5.41, 5.74) is 0. The van der Waals surface area contributed by atoms with E-state index >= 15 is 0 Å². The second kappa shape index (κ2) is 4.30. The molecule has 0 aliphatic rings. The van der Waals surface area contributed by atoms with Crippen LogP contribution in [-0.2, 0) is 9.22 Å². The van der Waals surface area contributed by atoms with E-state index in [9.17, 15) is 4.79 Å². The van der Waals surface area contributed by atoms with E-state index in [0.29, 0.717) is 0 Å². The minimum absolute atomic E-state index is 0.170. The zero-order valence-corrected chi connectivity index (χ0v) is 7.37. The fourth-order valence-corrected chi connectivity index (χ4v) is 1.80. The average Bonchev–Trinajstić information content (AvgIpc) is 2.41. The number of carbonyl (C=O) groups excluding carboxylic acids is 1. The molecule has 0 aromatic carbocycles. The van der Waals surface area contributed by atoms with Crippen LogP contribution in [0.1, 0.15) is 5.76 Å². The van der Waals surface area contributed by atoms with Crippen LogP contribution in [0.25, 0.3) is 0 Å². The second-order valence-electron chi connectivity index (χ2n) is 1.59. The van der Waals surface area contributed by atoms with E-state index in [1.165, 1.54) is 0 Å². The van der Waals surface area contributed by atoms with E-state index in [1.807, 2.05) is 12.1 Å². The predicted octanol–water partition coefficient (Wildman–Crippen LogP) is -1.79. The monoisotopic (exact) mass is 249 g/mol. The van der Waals surface area contributed by atoms with E-state index in [0.717, 1.165) is 10.2 Å². The van der Waals surface area contributed by atoms with Crippen LogP contribution in [0, 0.1) is 0 Å². The first-order valence-corrected chi connectivity index (χ1v) is 5.50. The maximum absolute atomic E-state index is 9.75. The maximum atomic E-state index is 9.75. The number of halogens is 1. The molecule has 0 unspecified atom stereocenters. The third-order valence-corrected chi connectivity index (χ3v) is 2.80. The molecule has 54 valence electrons. The Hall–Kier alpha value is -0.540. The summed E-state index contributed by atoms with van der Waals surface area (Å²) in [4.78, 5) is 9.75. The first-order chi connectivity index (χ1) is 4.93. The van der Waals surface area contributed by atoms with Gasteiger partial charge in [0.1, 0.15) is 0 Å². The van der Waals surface area contributed by atoms with Crippen LogP contribution in [0.2, 0.25) is 0 Å². The normalized spacial score (nSPS) is 9.20. The van der Waals surface area contributed by atoms with E-state index in [4.69, 9.17) is 4.42 Å². The molecule has 2 nitrogen and oxygen atoms in total. The third kappa shape index (κ3) is 2.37. The predicted molar refractivity (Wildman–Crippen MR) is 32.7 cm³/mol. The molecule has 0 aliphatic carbocycles. The summed E-state index contributed by atoms with van der Waals surface area (Å²) in [5.74, 6) is 2.72. The van der Waals surface area contributed by atoms with Gasteiger partial charge in [-0.25, -0.2) is 0 Å². The van der Waals surface area contributed by atoms with Crippen molar-refractivity contribution in [1.82, 2.24) is 0 Å². The van der Waals surface area contributed by atoms with Crippen molar-refractivity contribution in [2.75, 3.05) is 0 Å². The molecule has 0 spiro atoms. The Morgan fingerprint density at radius 2 is 2.70 bits per heavy atom. The van der Waals surface area contributed by atoms with Crippen LogP contribution in [-0.4, -0.2) is 5.94 Å². The summed E-state index contributed by atoms with van der Waals surface area (Å²) in [5, 5.41) is 0. The minimum atomic E-state index is -0.170. The molecule has 0 saturated carbocycles. The molecule has 3 heteroatoms. The molecule has 1 rings (SSSR count). The van der Waals surface area contributed by atoms with Crippen molar-refractivity contribution >= 4 is 5.94 Å². The number of hydrogen-bond donors (Lipinski definition) is 0. The molecule has 0 amide bonds. The topological polar surface area (TPSA) is 30.2 Å². The van der Waals surface area contributed by atoms with Crippen molar-refractivity contribution in [2.24, 2.45) is 0 Å². The second-order valence-corrected chi connectivity index (χ2v) is 3.86. The summed E-state index contributed by atoms with van der Waals surface area (Å²) in [6, 6.07) is 3.77. The van der Waals surface area contributed by atoms with Crippen LogP contribution < -0.4 is 21.2 Å². The standard InChI is InChI=1S/C7H6IO2/c9-4-3-8-6-7-2-1-5-10-7/h1-3,5H,6H2/q-1. The fraction of sp³-hybridized carbons (Fsp3) is 0.143. The molecule has 0 atom stereocenters. The van der Waals surface area contributed by atoms with Crippen molar-refractivity contribution in [3.8, 4) is 0 Å². The summed E-state index contributed by atoms with van der Waals surface area (Å²) in [6.45, 7) is 0. The van der Waals surface area contributed by atoms with Gasteiger partial charge >= 0.3 is 69.0 Å². The average molecular weight is 249 g/mol. The van der Waals surface area contributed by atoms with Crippen molar-refractivity contribution in [1.29, 1.82) is 0 Å². The van der Waals surface area contributed by atoms with Gasteiger partial charge in [-0.2, -0.15) is 0 Å². The van der Waals surface area contributed by atoms with Crippen LogP contribution in [0.5, 0.6) is 0 Å². The Labute approximate surface area is 69.2 Å². The van der Waals surface area contributed by atoms with Crippen molar-refractivity contribution in [3.63, 3.8) is 0 Å². The van der Waals surface area contributed by atoms with Crippen LogP contribution >= 0.6 is 0 Å². The Morgan fingerprint density at radius 3 is 3.30 bits per heavy atom.